The molecule has 0 aliphatic carbocycles. The molecule has 0 atom stereocenters. The van der Waals surface area contributed by atoms with Crippen LogP contribution in [-0.2, 0) is 6.54 Å². The summed E-state index contributed by atoms with van der Waals surface area (Å²) in [6.45, 7) is 5.93. The van der Waals surface area contributed by atoms with Crippen LogP contribution in [0.2, 0.25) is 0 Å². The minimum atomic E-state index is 0.158. The Morgan fingerprint density at radius 2 is 2.05 bits per heavy atom. The average Bonchev–Trinajstić information content (AvgIpc) is 2.51. The molecule has 0 aliphatic rings. The van der Waals surface area contributed by atoms with Crippen molar-refractivity contribution < 1.29 is 4.74 Å². The van der Waals surface area contributed by atoms with Crippen LogP contribution in [0.1, 0.15) is 26.0 Å². The molecule has 0 radical (unpaired) electrons. The lowest BCUT2D eigenvalue weighted by molar-refractivity contribution is 0.292. The second kappa shape index (κ2) is 7.37. The Labute approximate surface area is 124 Å². The van der Waals surface area contributed by atoms with Crippen molar-refractivity contribution in [1.82, 2.24) is 19.9 Å². The minimum absolute atomic E-state index is 0.158. The molecule has 2 aromatic rings. The van der Waals surface area contributed by atoms with E-state index in [-0.39, 0.29) is 12.0 Å². The van der Waals surface area contributed by atoms with Crippen LogP contribution in [-0.4, -0.2) is 33.1 Å². The van der Waals surface area contributed by atoms with Crippen LogP contribution in [0.4, 0.5) is 11.9 Å². The lowest BCUT2D eigenvalue weighted by Gasteiger charge is -2.20. The van der Waals surface area contributed by atoms with Gasteiger partial charge >= 0.3 is 6.01 Å². The second-order valence-electron chi connectivity index (χ2n) is 4.46. The summed E-state index contributed by atoms with van der Waals surface area (Å²) in [7, 11) is 0. The summed E-state index contributed by atoms with van der Waals surface area (Å²) in [4.78, 5) is 18.8. The van der Waals surface area contributed by atoms with Crippen molar-refractivity contribution in [1.29, 1.82) is 0 Å². The smallest absolute Gasteiger partial charge is 0.323 e. The highest BCUT2D eigenvalue weighted by Gasteiger charge is 2.13. The van der Waals surface area contributed by atoms with E-state index in [4.69, 9.17) is 10.5 Å². The SMILES string of the molecule is CCCOc1nc(N)nc(N(CC)Cc2ccccn2)n1. The average molecular weight is 288 g/mol. The highest BCUT2D eigenvalue weighted by atomic mass is 16.5. The molecule has 0 aliphatic heterocycles. The van der Waals surface area contributed by atoms with Crippen molar-refractivity contribution in [3.63, 3.8) is 0 Å². The van der Waals surface area contributed by atoms with Crippen molar-refractivity contribution in [3.05, 3.63) is 30.1 Å². The number of nitrogens with two attached hydrogens (primary N) is 1. The first-order valence-electron chi connectivity index (χ1n) is 7.02. The van der Waals surface area contributed by atoms with E-state index in [0.29, 0.717) is 19.1 Å². The van der Waals surface area contributed by atoms with Gasteiger partial charge in [0.05, 0.1) is 18.8 Å². The number of anilines is 2. The van der Waals surface area contributed by atoms with Gasteiger partial charge in [0.25, 0.3) is 0 Å². The third kappa shape index (κ3) is 4.27. The Morgan fingerprint density at radius 1 is 1.19 bits per heavy atom. The molecule has 0 unspecified atom stereocenters. The predicted octanol–water partition coefficient (Wildman–Crippen LogP) is 1.66. The largest absolute Gasteiger partial charge is 0.463 e. The summed E-state index contributed by atoms with van der Waals surface area (Å²) < 4.78 is 5.44. The van der Waals surface area contributed by atoms with Crippen molar-refractivity contribution in [2.75, 3.05) is 23.8 Å². The molecule has 2 rings (SSSR count). The zero-order valence-electron chi connectivity index (χ0n) is 12.4. The van der Waals surface area contributed by atoms with Crippen LogP contribution < -0.4 is 15.4 Å². The number of ether oxygens (including phenoxy) is 1. The Hall–Kier alpha value is -2.44. The number of nitrogen functional groups attached to an aromatic ring is 1. The van der Waals surface area contributed by atoms with Gasteiger partial charge in [-0.15, -0.1) is 0 Å². The van der Waals surface area contributed by atoms with Crippen molar-refractivity contribution >= 4 is 11.9 Å². The van der Waals surface area contributed by atoms with Gasteiger partial charge in [0.15, 0.2) is 0 Å². The van der Waals surface area contributed by atoms with Crippen molar-refractivity contribution in [2.45, 2.75) is 26.8 Å². The normalized spacial score (nSPS) is 10.4. The Bertz CT molecular complexity index is 563. The van der Waals surface area contributed by atoms with Gasteiger partial charge in [0.1, 0.15) is 0 Å². The molecule has 0 fully saturated rings. The molecule has 0 amide bonds. The van der Waals surface area contributed by atoms with Gasteiger partial charge in [-0.2, -0.15) is 15.0 Å². The summed E-state index contributed by atoms with van der Waals surface area (Å²) in [5.41, 5.74) is 6.67. The predicted molar refractivity (Wildman–Crippen MR) is 81.0 cm³/mol. The quantitative estimate of drug-likeness (QED) is 0.828. The zero-order chi connectivity index (χ0) is 15.1. The van der Waals surface area contributed by atoms with E-state index < -0.39 is 0 Å². The minimum Gasteiger partial charge on any atom is -0.463 e. The Morgan fingerprint density at radius 3 is 2.71 bits per heavy atom. The van der Waals surface area contributed by atoms with Crippen LogP contribution in [0.3, 0.4) is 0 Å². The molecule has 0 saturated carbocycles. The molecule has 7 nitrogen and oxygen atoms in total. The molecular weight excluding hydrogens is 268 g/mol. The Kier molecular flexibility index (Phi) is 5.25. The summed E-state index contributed by atoms with van der Waals surface area (Å²) in [6, 6.07) is 6.06. The topological polar surface area (TPSA) is 90.0 Å². The van der Waals surface area contributed by atoms with Gasteiger partial charge in [0, 0.05) is 12.7 Å². The lowest BCUT2D eigenvalue weighted by Crippen LogP contribution is -2.25. The van der Waals surface area contributed by atoms with E-state index in [9.17, 15) is 0 Å². The third-order valence-electron chi connectivity index (χ3n) is 2.80. The molecule has 0 spiro atoms. The van der Waals surface area contributed by atoms with E-state index in [1.807, 2.05) is 36.9 Å². The summed E-state index contributed by atoms with van der Waals surface area (Å²) in [6.07, 6.45) is 2.65. The molecular formula is C14H20N6O. The van der Waals surface area contributed by atoms with Crippen molar-refractivity contribution in [2.24, 2.45) is 0 Å². The molecule has 112 valence electrons. The van der Waals surface area contributed by atoms with Gasteiger partial charge in [-0.05, 0) is 25.5 Å². The number of hydrogen-bond acceptors (Lipinski definition) is 7. The van der Waals surface area contributed by atoms with Crippen LogP contribution in [0.25, 0.3) is 0 Å². The first-order valence-corrected chi connectivity index (χ1v) is 7.02. The van der Waals surface area contributed by atoms with Gasteiger partial charge in [0.2, 0.25) is 11.9 Å². The Balaban J connectivity index is 2.19. The summed E-state index contributed by atoms with van der Waals surface area (Å²) in [5.74, 6) is 0.660. The van der Waals surface area contributed by atoms with Crippen LogP contribution in [0.5, 0.6) is 6.01 Å². The number of aromatic nitrogens is 4. The molecule has 0 saturated heterocycles. The first kappa shape index (κ1) is 15.0. The molecule has 2 N–H and O–H groups in total. The maximum absolute atomic E-state index is 5.73. The molecule has 0 aromatic carbocycles. The highest BCUT2D eigenvalue weighted by molar-refractivity contribution is 5.36. The maximum atomic E-state index is 5.73. The fourth-order valence-electron chi connectivity index (χ4n) is 1.77. The molecule has 21 heavy (non-hydrogen) atoms. The lowest BCUT2D eigenvalue weighted by atomic mass is 10.3. The summed E-state index contributed by atoms with van der Waals surface area (Å²) in [5, 5.41) is 0. The first-order chi connectivity index (χ1) is 10.2. The summed E-state index contributed by atoms with van der Waals surface area (Å²) >= 11 is 0. The van der Waals surface area contributed by atoms with Crippen LogP contribution >= 0.6 is 0 Å². The van der Waals surface area contributed by atoms with Gasteiger partial charge in [-0.25, -0.2) is 0 Å². The zero-order valence-corrected chi connectivity index (χ0v) is 12.4. The van der Waals surface area contributed by atoms with E-state index >= 15 is 0 Å². The monoisotopic (exact) mass is 288 g/mol. The number of nitrogens with zero attached hydrogens (tertiary/aromatic N) is 5. The second-order valence-corrected chi connectivity index (χ2v) is 4.46. The van der Waals surface area contributed by atoms with Gasteiger partial charge in [-0.1, -0.05) is 13.0 Å². The molecule has 2 aromatic heterocycles. The van der Waals surface area contributed by atoms with Gasteiger partial charge in [-0.3, -0.25) is 4.98 Å². The number of pyridine rings is 1. The third-order valence-corrected chi connectivity index (χ3v) is 2.80. The van der Waals surface area contributed by atoms with E-state index in [1.165, 1.54) is 0 Å². The van der Waals surface area contributed by atoms with E-state index in [1.54, 1.807) is 6.20 Å². The standard InChI is InChI=1S/C14H20N6O/c1-3-9-21-14-18-12(15)17-13(19-14)20(4-2)10-11-7-5-6-8-16-11/h5-8H,3-4,9-10H2,1-2H3,(H2,15,17,18,19). The number of rotatable bonds is 7. The highest BCUT2D eigenvalue weighted by Crippen LogP contribution is 2.15. The van der Waals surface area contributed by atoms with E-state index in [2.05, 4.69) is 19.9 Å². The van der Waals surface area contributed by atoms with E-state index in [0.717, 1.165) is 18.7 Å². The van der Waals surface area contributed by atoms with Crippen molar-refractivity contribution in [3.8, 4) is 6.01 Å². The number of hydrogen-bond donors (Lipinski definition) is 1. The molecule has 0 bridgehead atoms. The van der Waals surface area contributed by atoms with Crippen LogP contribution in [0.15, 0.2) is 24.4 Å². The van der Waals surface area contributed by atoms with Gasteiger partial charge < -0.3 is 15.4 Å². The fraction of sp³-hybridized carbons (Fsp3) is 0.429. The fourth-order valence-corrected chi connectivity index (χ4v) is 1.77. The molecule has 2 heterocycles. The molecule has 7 heteroatoms. The maximum Gasteiger partial charge on any atom is 0.323 e. The van der Waals surface area contributed by atoms with Crippen LogP contribution in [0, 0.1) is 0 Å².